The van der Waals surface area contributed by atoms with Crippen LogP contribution in [-0.2, 0) is 9.47 Å². The van der Waals surface area contributed by atoms with Crippen LogP contribution >= 0.6 is 39.5 Å². The van der Waals surface area contributed by atoms with E-state index in [0.717, 1.165) is 52.2 Å². The van der Waals surface area contributed by atoms with E-state index in [1.54, 1.807) is 0 Å². The topological polar surface area (TPSA) is 36.9 Å². The van der Waals surface area contributed by atoms with Gasteiger partial charge in [0.15, 0.2) is 11.5 Å². The highest BCUT2D eigenvalue weighted by Gasteiger charge is 2.06. The van der Waals surface area contributed by atoms with Crippen molar-refractivity contribution < 1.29 is 18.9 Å². The van der Waals surface area contributed by atoms with Crippen LogP contribution < -0.4 is 9.47 Å². The lowest BCUT2D eigenvalue weighted by molar-refractivity contribution is 0.0605. The summed E-state index contributed by atoms with van der Waals surface area (Å²) in [6, 6.07) is 5.89. The molecule has 0 atom stereocenters. The maximum absolute atomic E-state index is 5.87. The van der Waals surface area contributed by atoms with Gasteiger partial charge in [-0.15, -0.1) is 0 Å². The first-order chi connectivity index (χ1) is 11.4. The number of hydrogen-bond donors (Lipinski definition) is 0. The molecule has 0 aromatic heterocycles. The molecule has 1 aliphatic heterocycles. The molecular formula is C16H23BrO4S2. The normalized spacial score (nSPS) is 19.5. The number of benzene rings is 1. The third-order valence-corrected chi connectivity index (χ3v) is 5.31. The molecule has 0 N–H and O–H groups in total. The second-order valence-corrected chi connectivity index (χ2v) is 8.10. The van der Waals surface area contributed by atoms with Crippen molar-refractivity contribution in [2.75, 3.05) is 62.7 Å². The fraction of sp³-hybridized carbons (Fsp3) is 0.625. The Labute approximate surface area is 155 Å². The lowest BCUT2D eigenvalue weighted by Gasteiger charge is -2.13. The van der Waals surface area contributed by atoms with Crippen LogP contribution in [0.15, 0.2) is 22.7 Å². The zero-order valence-electron chi connectivity index (χ0n) is 13.1. The average Bonchev–Trinajstić information content (AvgIpc) is 2.55. The molecular weight excluding hydrogens is 400 g/mol. The molecule has 7 heteroatoms. The van der Waals surface area contributed by atoms with Crippen molar-refractivity contribution in [2.24, 2.45) is 0 Å². The van der Waals surface area contributed by atoms with Gasteiger partial charge in [0, 0.05) is 27.5 Å². The molecule has 0 spiro atoms. The van der Waals surface area contributed by atoms with Crippen molar-refractivity contribution in [1.82, 2.24) is 0 Å². The van der Waals surface area contributed by atoms with Gasteiger partial charge in [0.1, 0.15) is 0 Å². The number of ether oxygens (including phenoxy) is 4. The summed E-state index contributed by atoms with van der Waals surface area (Å²) in [7, 11) is 0. The van der Waals surface area contributed by atoms with Crippen molar-refractivity contribution >= 4 is 39.5 Å². The first-order valence-corrected chi connectivity index (χ1v) is 10.8. The molecule has 0 unspecified atom stereocenters. The second kappa shape index (κ2) is 12.3. The minimum atomic E-state index is 0.662. The van der Waals surface area contributed by atoms with Crippen molar-refractivity contribution in [1.29, 1.82) is 0 Å². The molecule has 2 rings (SSSR count). The van der Waals surface area contributed by atoms with E-state index in [9.17, 15) is 0 Å². The Bertz CT molecular complexity index is 448. The van der Waals surface area contributed by atoms with E-state index in [2.05, 4.69) is 15.9 Å². The Morgan fingerprint density at radius 2 is 1.26 bits per heavy atom. The number of rotatable bonds is 0. The summed E-state index contributed by atoms with van der Waals surface area (Å²) in [5, 5.41) is 0. The number of thioether (sulfide) groups is 2. The van der Waals surface area contributed by atoms with Crippen LogP contribution in [0.4, 0.5) is 0 Å². The van der Waals surface area contributed by atoms with Crippen LogP contribution in [0.3, 0.4) is 0 Å². The zero-order valence-corrected chi connectivity index (χ0v) is 16.3. The Morgan fingerprint density at radius 1 is 0.696 bits per heavy atom. The Hall–Kier alpha value is -0.0800. The molecule has 130 valence electrons. The lowest BCUT2D eigenvalue weighted by Crippen LogP contribution is -2.10. The van der Waals surface area contributed by atoms with E-state index < -0.39 is 0 Å². The minimum absolute atomic E-state index is 0.662. The molecule has 0 radical (unpaired) electrons. The van der Waals surface area contributed by atoms with Gasteiger partial charge in [0.25, 0.3) is 0 Å². The maximum atomic E-state index is 5.87. The Kier molecular flexibility index (Phi) is 10.3. The maximum Gasteiger partial charge on any atom is 0.162 e. The molecule has 0 saturated heterocycles. The van der Waals surface area contributed by atoms with Gasteiger partial charge < -0.3 is 18.9 Å². The highest BCUT2D eigenvalue weighted by Crippen LogP contribution is 2.30. The SMILES string of the molecule is Brc1ccc2c(c1)OCCSCCOCCOCCSCCO2. The molecule has 0 bridgehead atoms. The summed E-state index contributed by atoms with van der Waals surface area (Å²) in [4.78, 5) is 0. The van der Waals surface area contributed by atoms with Crippen molar-refractivity contribution in [3.05, 3.63) is 22.7 Å². The van der Waals surface area contributed by atoms with Crippen LogP contribution in [0.5, 0.6) is 11.5 Å². The van der Waals surface area contributed by atoms with Gasteiger partial charge in [-0.25, -0.2) is 0 Å². The lowest BCUT2D eigenvalue weighted by atomic mass is 10.3. The summed E-state index contributed by atoms with van der Waals surface area (Å²) in [5.41, 5.74) is 0. The summed E-state index contributed by atoms with van der Waals surface area (Å²) in [5.74, 6) is 5.42. The highest BCUT2D eigenvalue weighted by atomic mass is 79.9. The van der Waals surface area contributed by atoms with Crippen molar-refractivity contribution in [3.8, 4) is 11.5 Å². The van der Waals surface area contributed by atoms with Gasteiger partial charge in [0.05, 0.1) is 39.6 Å². The molecule has 1 aromatic rings. The summed E-state index contributed by atoms with van der Waals surface area (Å²) >= 11 is 7.14. The van der Waals surface area contributed by atoms with Gasteiger partial charge in [-0.3, -0.25) is 0 Å². The molecule has 1 aliphatic rings. The van der Waals surface area contributed by atoms with Crippen LogP contribution in [0.1, 0.15) is 0 Å². The highest BCUT2D eigenvalue weighted by molar-refractivity contribution is 9.10. The van der Waals surface area contributed by atoms with Crippen molar-refractivity contribution in [3.63, 3.8) is 0 Å². The second-order valence-electron chi connectivity index (χ2n) is 4.74. The van der Waals surface area contributed by atoms with E-state index in [1.165, 1.54) is 0 Å². The van der Waals surface area contributed by atoms with E-state index >= 15 is 0 Å². The van der Waals surface area contributed by atoms with E-state index in [1.807, 2.05) is 41.7 Å². The average molecular weight is 423 g/mol. The van der Waals surface area contributed by atoms with Gasteiger partial charge >= 0.3 is 0 Å². The summed E-state index contributed by atoms with van der Waals surface area (Å²) in [6.45, 7) is 4.19. The van der Waals surface area contributed by atoms with E-state index in [-0.39, 0.29) is 0 Å². The Morgan fingerprint density at radius 3 is 1.91 bits per heavy atom. The van der Waals surface area contributed by atoms with Gasteiger partial charge in [-0.1, -0.05) is 15.9 Å². The first-order valence-electron chi connectivity index (χ1n) is 7.72. The first kappa shape index (κ1) is 19.2. The fourth-order valence-corrected chi connectivity index (χ4v) is 3.52. The third-order valence-electron chi connectivity index (χ3n) is 2.99. The zero-order chi connectivity index (χ0) is 16.2. The molecule has 0 fully saturated rings. The smallest absolute Gasteiger partial charge is 0.162 e. The molecule has 1 heterocycles. The summed E-state index contributed by atoms with van der Waals surface area (Å²) in [6.07, 6.45) is 0. The monoisotopic (exact) mass is 422 g/mol. The molecule has 0 aliphatic carbocycles. The quantitative estimate of drug-likeness (QED) is 0.633. The van der Waals surface area contributed by atoms with Gasteiger partial charge in [-0.05, 0) is 18.2 Å². The minimum Gasteiger partial charge on any atom is -0.489 e. The molecule has 0 amide bonds. The van der Waals surface area contributed by atoms with E-state index in [4.69, 9.17) is 18.9 Å². The number of hydrogen-bond acceptors (Lipinski definition) is 6. The molecule has 23 heavy (non-hydrogen) atoms. The van der Waals surface area contributed by atoms with Crippen LogP contribution in [0.2, 0.25) is 0 Å². The number of halogens is 1. The molecule has 1 aromatic carbocycles. The predicted octanol–water partition coefficient (Wildman–Crippen LogP) is 3.72. The molecule has 4 nitrogen and oxygen atoms in total. The Balaban J connectivity index is 1.84. The third kappa shape index (κ3) is 8.54. The van der Waals surface area contributed by atoms with Crippen LogP contribution in [-0.4, -0.2) is 62.7 Å². The van der Waals surface area contributed by atoms with E-state index in [0.29, 0.717) is 26.4 Å². The number of fused-ring (bicyclic) bond motifs is 1. The van der Waals surface area contributed by atoms with Crippen LogP contribution in [0, 0.1) is 0 Å². The molecule has 0 saturated carbocycles. The van der Waals surface area contributed by atoms with Gasteiger partial charge in [0.2, 0.25) is 0 Å². The summed E-state index contributed by atoms with van der Waals surface area (Å²) < 4.78 is 23.8. The van der Waals surface area contributed by atoms with Gasteiger partial charge in [-0.2, -0.15) is 23.5 Å². The standard InChI is InChI=1S/C16H23BrO4S2/c17-14-1-2-15-16(13-14)21-8-12-23-10-6-19-4-3-18-5-9-22-11-7-20-15/h1-2,13H,3-12H2. The van der Waals surface area contributed by atoms with Crippen molar-refractivity contribution in [2.45, 2.75) is 0 Å². The fourth-order valence-electron chi connectivity index (χ4n) is 1.90. The largest absolute Gasteiger partial charge is 0.489 e. The predicted molar refractivity (Wildman–Crippen MR) is 101 cm³/mol. The van der Waals surface area contributed by atoms with Crippen LogP contribution in [0.25, 0.3) is 0 Å².